The summed E-state index contributed by atoms with van der Waals surface area (Å²) in [5, 5.41) is 0. The van der Waals surface area contributed by atoms with Gasteiger partial charge in [0.15, 0.2) is 0 Å². The molecule has 0 heterocycles. The normalized spacial score (nSPS) is 19.5. The number of nitrogens with zero attached hydrogens (tertiary/aromatic N) is 1. The van der Waals surface area contributed by atoms with Gasteiger partial charge < -0.3 is 4.90 Å². The summed E-state index contributed by atoms with van der Waals surface area (Å²) in [7, 11) is 0. The Labute approximate surface area is 287 Å². The van der Waals surface area contributed by atoms with Crippen LogP contribution in [0.25, 0.3) is 16.7 Å². The van der Waals surface area contributed by atoms with Gasteiger partial charge in [0, 0.05) is 22.4 Å². The van der Waals surface area contributed by atoms with Crippen LogP contribution in [0.15, 0.2) is 182 Å². The Balaban J connectivity index is 1.55. The maximum absolute atomic E-state index is 4.33. The molecule has 2 atom stereocenters. The molecule has 0 aliphatic heterocycles. The Kier molecular flexibility index (Phi) is 9.88. The van der Waals surface area contributed by atoms with Gasteiger partial charge in [0.25, 0.3) is 0 Å². The van der Waals surface area contributed by atoms with Gasteiger partial charge in [-0.25, -0.2) is 0 Å². The lowest BCUT2D eigenvalue weighted by Gasteiger charge is -2.38. The standard InChI is InChI=1S/C47H45N/c1-6-7-9-17-36(3)38-28-32-42(33-29-38)48(46-25-15-13-23-44(46)39-18-10-8-11-19-39)43-22-16-21-40-20-12-14-24-45(40)47(5,37(4)34-43)41-30-26-35(2)27-31-41/h6-20,22-34,37H,3,21H2,1-2,4-5H3/b7-6-,17-9-,22-16-,43-34+. The zero-order valence-corrected chi connectivity index (χ0v) is 28.6. The molecule has 0 spiro atoms. The molecule has 1 nitrogen and oxygen atoms in total. The minimum Gasteiger partial charge on any atom is -0.310 e. The van der Waals surface area contributed by atoms with Crippen LogP contribution in [-0.2, 0) is 11.8 Å². The average molecular weight is 624 g/mol. The van der Waals surface area contributed by atoms with Crippen molar-refractivity contribution in [3.63, 3.8) is 0 Å². The highest BCUT2D eigenvalue weighted by Crippen LogP contribution is 2.45. The van der Waals surface area contributed by atoms with Gasteiger partial charge in [-0.05, 0) is 83.9 Å². The molecule has 0 saturated heterocycles. The van der Waals surface area contributed by atoms with Crippen molar-refractivity contribution < 1.29 is 0 Å². The smallest absolute Gasteiger partial charge is 0.0539 e. The third kappa shape index (κ3) is 6.68. The fourth-order valence-corrected chi connectivity index (χ4v) is 6.86. The van der Waals surface area contributed by atoms with Crippen LogP contribution in [0.1, 0.15) is 48.6 Å². The monoisotopic (exact) mass is 623 g/mol. The van der Waals surface area contributed by atoms with Crippen LogP contribution in [0.3, 0.4) is 0 Å². The van der Waals surface area contributed by atoms with Crippen molar-refractivity contribution >= 4 is 16.9 Å². The number of allylic oxidation sites excluding steroid dienone is 8. The van der Waals surface area contributed by atoms with Gasteiger partial charge in [0.2, 0.25) is 0 Å². The van der Waals surface area contributed by atoms with E-state index in [-0.39, 0.29) is 11.3 Å². The van der Waals surface area contributed by atoms with Gasteiger partial charge in [-0.1, -0.05) is 172 Å². The van der Waals surface area contributed by atoms with Crippen molar-refractivity contribution in [2.75, 3.05) is 4.90 Å². The number of rotatable bonds is 8. The lowest BCUT2D eigenvalue weighted by Crippen LogP contribution is -2.32. The second-order valence-electron chi connectivity index (χ2n) is 12.9. The van der Waals surface area contributed by atoms with E-state index in [1.165, 1.54) is 33.4 Å². The van der Waals surface area contributed by atoms with Crippen LogP contribution in [0.2, 0.25) is 0 Å². The number of benzene rings is 5. The third-order valence-corrected chi connectivity index (χ3v) is 9.77. The summed E-state index contributed by atoms with van der Waals surface area (Å²) in [6.45, 7) is 13.3. The molecule has 48 heavy (non-hydrogen) atoms. The summed E-state index contributed by atoms with van der Waals surface area (Å²) in [6.07, 6.45) is 16.1. The molecule has 0 bridgehead atoms. The van der Waals surface area contributed by atoms with Gasteiger partial charge >= 0.3 is 0 Å². The molecule has 0 radical (unpaired) electrons. The summed E-state index contributed by atoms with van der Waals surface area (Å²) >= 11 is 0. The molecule has 2 unspecified atom stereocenters. The summed E-state index contributed by atoms with van der Waals surface area (Å²) < 4.78 is 0. The fourth-order valence-electron chi connectivity index (χ4n) is 6.86. The molecule has 1 aliphatic rings. The summed E-state index contributed by atoms with van der Waals surface area (Å²) in [6, 6.07) is 46.4. The molecule has 238 valence electrons. The molecule has 5 aromatic rings. The van der Waals surface area contributed by atoms with Gasteiger partial charge in [-0.15, -0.1) is 0 Å². The lowest BCUT2D eigenvalue weighted by molar-refractivity contribution is 0.441. The van der Waals surface area contributed by atoms with Gasteiger partial charge in [0.05, 0.1) is 5.69 Å². The molecule has 0 aromatic heterocycles. The second-order valence-corrected chi connectivity index (χ2v) is 12.9. The lowest BCUT2D eigenvalue weighted by atomic mass is 9.66. The second kappa shape index (κ2) is 14.6. The number of hydrogen-bond acceptors (Lipinski definition) is 1. The van der Waals surface area contributed by atoms with E-state index in [0.717, 1.165) is 34.6 Å². The van der Waals surface area contributed by atoms with Crippen molar-refractivity contribution in [1.29, 1.82) is 0 Å². The summed E-state index contributed by atoms with van der Waals surface area (Å²) in [5.74, 6) is 0.168. The molecule has 1 heteroatoms. The SMILES string of the molecule is C=C(/C=C\C=C/C)c1ccc(N(C2=C/C(C)C(C)(c3ccc(C)cc3)c3ccccc3C/C=C\2)c2ccccc2-c2ccccc2)cc1. The zero-order chi connectivity index (χ0) is 33.5. The number of para-hydroxylation sites is 1. The fraction of sp³-hybridized carbons (Fsp3) is 0.149. The Bertz CT molecular complexity index is 1990. The van der Waals surface area contributed by atoms with Gasteiger partial charge in [-0.2, -0.15) is 0 Å². The minimum absolute atomic E-state index is 0.168. The number of aryl methyl sites for hydroxylation is 1. The minimum atomic E-state index is -0.243. The Morgan fingerprint density at radius 3 is 2.23 bits per heavy atom. The number of hydrogen-bond donors (Lipinski definition) is 0. The maximum Gasteiger partial charge on any atom is 0.0539 e. The van der Waals surface area contributed by atoms with Crippen molar-refractivity contribution in [3.05, 3.63) is 210 Å². The Hall–Kier alpha value is -5.40. The molecule has 0 amide bonds. The predicted molar refractivity (Wildman–Crippen MR) is 208 cm³/mol. The van der Waals surface area contributed by atoms with E-state index in [9.17, 15) is 0 Å². The molecule has 1 aliphatic carbocycles. The van der Waals surface area contributed by atoms with Gasteiger partial charge in [0.1, 0.15) is 0 Å². The van der Waals surface area contributed by atoms with E-state index in [2.05, 4.69) is 184 Å². The van der Waals surface area contributed by atoms with Crippen molar-refractivity contribution in [1.82, 2.24) is 0 Å². The molecule has 6 rings (SSSR count). The van der Waals surface area contributed by atoms with E-state index in [1.54, 1.807) is 0 Å². The van der Waals surface area contributed by atoms with Crippen LogP contribution in [0.5, 0.6) is 0 Å². The molecule has 0 fully saturated rings. The third-order valence-electron chi connectivity index (χ3n) is 9.77. The van der Waals surface area contributed by atoms with Gasteiger partial charge in [-0.3, -0.25) is 0 Å². The highest BCUT2D eigenvalue weighted by molar-refractivity contribution is 5.85. The van der Waals surface area contributed by atoms with Crippen LogP contribution in [0, 0.1) is 12.8 Å². The van der Waals surface area contributed by atoms with Crippen LogP contribution >= 0.6 is 0 Å². The Morgan fingerprint density at radius 2 is 1.48 bits per heavy atom. The topological polar surface area (TPSA) is 3.24 Å². The predicted octanol–water partition coefficient (Wildman–Crippen LogP) is 12.6. The number of anilines is 2. The van der Waals surface area contributed by atoms with E-state index in [4.69, 9.17) is 0 Å². The quantitative estimate of drug-likeness (QED) is 0.155. The van der Waals surface area contributed by atoms with Crippen molar-refractivity contribution in [2.24, 2.45) is 5.92 Å². The van der Waals surface area contributed by atoms with Crippen molar-refractivity contribution in [3.8, 4) is 11.1 Å². The highest BCUT2D eigenvalue weighted by atomic mass is 15.1. The van der Waals surface area contributed by atoms with E-state index < -0.39 is 0 Å². The van der Waals surface area contributed by atoms with Crippen LogP contribution in [-0.4, -0.2) is 0 Å². The molecule has 5 aromatic carbocycles. The van der Waals surface area contributed by atoms with Crippen molar-refractivity contribution in [2.45, 2.75) is 39.5 Å². The first kappa shape index (κ1) is 32.5. The average Bonchev–Trinajstić information content (AvgIpc) is 3.17. The molecule has 0 N–H and O–H groups in total. The number of fused-ring (bicyclic) bond motifs is 1. The first-order chi connectivity index (χ1) is 23.4. The first-order valence-electron chi connectivity index (χ1n) is 17.0. The Morgan fingerprint density at radius 1 is 0.792 bits per heavy atom. The highest BCUT2D eigenvalue weighted by Gasteiger charge is 2.36. The summed E-state index contributed by atoms with van der Waals surface area (Å²) in [4.78, 5) is 2.43. The zero-order valence-electron chi connectivity index (χ0n) is 28.6. The molecular weight excluding hydrogens is 579 g/mol. The molecule has 0 saturated carbocycles. The summed E-state index contributed by atoms with van der Waals surface area (Å²) in [5.41, 5.74) is 13.0. The molecular formula is C47H45N. The largest absolute Gasteiger partial charge is 0.310 e. The van der Waals surface area contributed by atoms with Crippen LogP contribution < -0.4 is 4.90 Å². The maximum atomic E-state index is 4.33. The van der Waals surface area contributed by atoms with Crippen LogP contribution in [0.4, 0.5) is 11.4 Å². The van der Waals surface area contributed by atoms with E-state index >= 15 is 0 Å². The van der Waals surface area contributed by atoms with E-state index in [1.807, 2.05) is 25.2 Å². The van der Waals surface area contributed by atoms with E-state index in [0.29, 0.717) is 0 Å². The first-order valence-corrected chi connectivity index (χ1v) is 17.0.